The number of hydrogen-bond acceptors (Lipinski definition) is 6. The second-order valence-corrected chi connectivity index (χ2v) is 8.97. The fourth-order valence-electron chi connectivity index (χ4n) is 4.83. The monoisotopic (exact) mass is 390 g/mol. The number of nitrogens with zero attached hydrogens (tertiary/aromatic N) is 4. The van der Waals surface area contributed by atoms with Gasteiger partial charge in [0, 0.05) is 59.7 Å². The molecule has 6 heteroatoms. The van der Waals surface area contributed by atoms with E-state index in [9.17, 15) is 0 Å². The highest BCUT2D eigenvalue weighted by Gasteiger charge is 2.33. The van der Waals surface area contributed by atoms with Crippen molar-refractivity contribution in [3.8, 4) is 0 Å². The molecule has 1 aromatic heterocycles. The number of rotatable bonds is 8. The van der Waals surface area contributed by atoms with E-state index in [1.807, 2.05) is 6.92 Å². The maximum absolute atomic E-state index is 5.65. The molecule has 1 aliphatic carbocycles. The summed E-state index contributed by atoms with van der Waals surface area (Å²) in [5.74, 6) is 4.01. The maximum atomic E-state index is 5.65. The second kappa shape index (κ2) is 9.99. The van der Waals surface area contributed by atoms with E-state index in [4.69, 9.17) is 9.15 Å². The molecule has 1 saturated heterocycles. The zero-order valence-electron chi connectivity index (χ0n) is 18.4. The van der Waals surface area contributed by atoms with Gasteiger partial charge in [-0.05, 0) is 37.0 Å². The first kappa shape index (κ1) is 21.5. The molecule has 0 saturated carbocycles. The summed E-state index contributed by atoms with van der Waals surface area (Å²) in [5.41, 5.74) is 1.50. The Labute approximate surface area is 170 Å². The lowest BCUT2D eigenvalue weighted by Gasteiger charge is -2.41. The average molecular weight is 391 g/mol. The number of ether oxygens (including phenoxy) is 1. The lowest BCUT2D eigenvalue weighted by molar-refractivity contribution is 0.0798. The largest absolute Gasteiger partial charge is 0.426 e. The summed E-state index contributed by atoms with van der Waals surface area (Å²) >= 11 is 0. The van der Waals surface area contributed by atoms with Crippen LogP contribution in [0.4, 0.5) is 0 Å². The summed E-state index contributed by atoms with van der Waals surface area (Å²) in [6.07, 6.45) is 4.65. The van der Waals surface area contributed by atoms with Crippen molar-refractivity contribution in [3.63, 3.8) is 0 Å². The molecule has 0 amide bonds. The van der Waals surface area contributed by atoms with E-state index in [0.717, 1.165) is 38.6 Å². The fraction of sp³-hybridized carbons (Fsp3) is 0.818. The SMILES string of the molecule is COCCN1CCN(C[C@@H]2C=C(C)[C@@H](Cc3nnc(C)o3)C[C@H]2C(C)C)CC1. The molecule has 2 aliphatic rings. The summed E-state index contributed by atoms with van der Waals surface area (Å²) in [6, 6.07) is 0. The number of piperazine rings is 1. The van der Waals surface area contributed by atoms with Gasteiger partial charge in [-0.15, -0.1) is 10.2 Å². The molecule has 28 heavy (non-hydrogen) atoms. The molecule has 1 fully saturated rings. The molecular weight excluding hydrogens is 352 g/mol. The van der Waals surface area contributed by atoms with Gasteiger partial charge in [0.15, 0.2) is 0 Å². The van der Waals surface area contributed by atoms with Gasteiger partial charge in [-0.1, -0.05) is 25.5 Å². The van der Waals surface area contributed by atoms with Crippen molar-refractivity contribution in [2.45, 2.75) is 40.5 Å². The molecule has 0 radical (unpaired) electrons. The standard InChI is InChI=1S/C22H38N4O2/c1-16(2)21-13-19(14-22-24-23-18(4)28-22)17(3)12-20(21)15-26-8-6-25(7-9-26)10-11-27-5/h12,16,19-21H,6-11,13-15H2,1-5H3/t19-,20+,21+/m1/s1. The van der Waals surface area contributed by atoms with Gasteiger partial charge >= 0.3 is 0 Å². The Hall–Kier alpha value is -1.24. The zero-order chi connectivity index (χ0) is 20.1. The highest BCUT2D eigenvalue weighted by Crippen LogP contribution is 2.39. The Morgan fingerprint density at radius 1 is 1.14 bits per heavy atom. The Morgan fingerprint density at radius 2 is 1.86 bits per heavy atom. The van der Waals surface area contributed by atoms with Crippen molar-refractivity contribution in [3.05, 3.63) is 23.4 Å². The molecule has 0 spiro atoms. The van der Waals surface area contributed by atoms with Crippen molar-refractivity contribution in [2.24, 2.45) is 23.7 Å². The number of allylic oxidation sites excluding steroid dienone is 1. The van der Waals surface area contributed by atoms with E-state index in [2.05, 4.69) is 46.8 Å². The second-order valence-electron chi connectivity index (χ2n) is 8.97. The van der Waals surface area contributed by atoms with Crippen molar-refractivity contribution in [1.29, 1.82) is 0 Å². The van der Waals surface area contributed by atoms with Gasteiger partial charge in [0.2, 0.25) is 11.8 Å². The molecule has 6 nitrogen and oxygen atoms in total. The average Bonchev–Trinajstić information content (AvgIpc) is 3.08. The van der Waals surface area contributed by atoms with Crippen LogP contribution in [0.3, 0.4) is 0 Å². The Morgan fingerprint density at radius 3 is 2.46 bits per heavy atom. The van der Waals surface area contributed by atoms with E-state index in [0.29, 0.717) is 29.6 Å². The fourth-order valence-corrected chi connectivity index (χ4v) is 4.83. The van der Waals surface area contributed by atoms with Crippen LogP contribution in [-0.2, 0) is 11.2 Å². The van der Waals surface area contributed by atoms with Crippen LogP contribution in [0.15, 0.2) is 16.1 Å². The van der Waals surface area contributed by atoms with Crippen LogP contribution < -0.4 is 0 Å². The van der Waals surface area contributed by atoms with E-state index in [1.165, 1.54) is 31.6 Å². The van der Waals surface area contributed by atoms with Crippen molar-refractivity contribution < 1.29 is 9.15 Å². The summed E-state index contributed by atoms with van der Waals surface area (Å²) < 4.78 is 10.9. The Bertz CT molecular complexity index is 634. The minimum atomic E-state index is 0.523. The van der Waals surface area contributed by atoms with Crippen molar-refractivity contribution in [1.82, 2.24) is 20.0 Å². The van der Waals surface area contributed by atoms with Crippen LogP contribution in [0.5, 0.6) is 0 Å². The lowest BCUT2D eigenvalue weighted by Crippen LogP contribution is -2.49. The van der Waals surface area contributed by atoms with Crippen molar-refractivity contribution in [2.75, 3.05) is 53.0 Å². The van der Waals surface area contributed by atoms with E-state index in [1.54, 1.807) is 7.11 Å². The molecule has 3 atom stereocenters. The molecule has 0 N–H and O–H groups in total. The number of aryl methyl sites for hydroxylation is 1. The molecule has 158 valence electrons. The quantitative estimate of drug-likeness (QED) is 0.636. The van der Waals surface area contributed by atoms with E-state index >= 15 is 0 Å². The third kappa shape index (κ3) is 5.65. The first-order valence-corrected chi connectivity index (χ1v) is 10.9. The summed E-state index contributed by atoms with van der Waals surface area (Å²) in [6.45, 7) is 16.6. The van der Waals surface area contributed by atoms with Gasteiger partial charge in [-0.2, -0.15) is 0 Å². The smallest absolute Gasteiger partial charge is 0.217 e. The topological polar surface area (TPSA) is 54.6 Å². The zero-order valence-corrected chi connectivity index (χ0v) is 18.4. The number of methoxy groups -OCH3 is 1. The molecule has 1 aliphatic heterocycles. The van der Waals surface area contributed by atoms with Gasteiger partial charge < -0.3 is 14.1 Å². The summed E-state index contributed by atoms with van der Waals surface area (Å²) in [5, 5.41) is 8.21. The van der Waals surface area contributed by atoms with Crippen LogP contribution in [0, 0.1) is 30.6 Å². The highest BCUT2D eigenvalue weighted by atomic mass is 16.5. The van der Waals surface area contributed by atoms with Gasteiger partial charge in [0.1, 0.15) is 0 Å². The van der Waals surface area contributed by atoms with Crippen LogP contribution in [0.25, 0.3) is 0 Å². The molecule has 0 aromatic carbocycles. The van der Waals surface area contributed by atoms with E-state index < -0.39 is 0 Å². The minimum absolute atomic E-state index is 0.523. The van der Waals surface area contributed by atoms with Crippen LogP contribution in [0.2, 0.25) is 0 Å². The predicted molar refractivity (Wildman–Crippen MR) is 111 cm³/mol. The minimum Gasteiger partial charge on any atom is -0.426 e. The Kier molecular flexibility index (Phi) is 7.66. The summed E-state index contributed by atoms with van der Waals surface area (Å²) in [7, 11) is 1.78. The third-order valence-electron chi connectivity index (χ3n) is 6.62. The van der Waals surface area contributed by atoms with Gasteiger partial charge in [0.25, 0.3) is 0 Å². The molecule has 1 aromatic rings. The van der Waals surface area contributed by atoms with Gasteiger partial charge in [-0.25, -0.2) is 0 Å². The number of aromatic nitrogens is 2. The highest BCUT2D eigenvalue weighted by molar-refractivity contribution is 5.14. The molecular formula is C22H38N4O2. The molecule has 3 rings (SSSR count). The molecule has 0 bridgehead atoms. The molecule has 0 unspecified atom stereocenters. The maximum Gasteiger partial charge on any atom is 0.217 e. The lowest BCUT2D eigenvalue weighted by atomic mass is 9.69. The first-order chi connectivity index (χ1) is 13.5. The number of hydrogen-bond donors (Lipinski definition) is 0. The van der Waals surface area contributed by atoms with Crippen LogP contribution in [-0.4, -0.2) is 73.0 Å². The van der Waals surface area contributed by atoms with Crippen molar-refractivity contribution >= 4 is 0 Å². The van der Waals surface area contributed by atoms with Crippen LogP contribution >= 0.6 is 0 Å². The normalized spacial score (nSPS) is 27.4. The first-order valence-electron chi connectivity index (χ1n) is 10.9. The third-order valence-corrected chi connectivity index (χ3v) is 6.62. The van der Waals surface area contributed by atoms with Gasteiger partial charge in [-0.3, -0.25) is 4.90 Å². The Balaban J connectivity index is 1.59. The summed E-state index contributed by atoms with van der Waals surface area (Å²) in [4.78, 5) is 5.18. The van der Waals surface area contributed by atoms with E-state index in [-0.39, 0.29) is 0 Å². The van der Waals surface area contributed by atoms with Gasteiger partial charge in [0.05, 0.1) is 6.61 Å². The van der Waals surface area contributed by atoms with Crippen LogP contribution in [0.1, 0.15) is 39.0 Å². The predicted octanol–water partition coefficient (Wildman–Crippen LogP) is 3.04. The molecule has 2 heterocycles.